The Kier molecular flexibility index (Phi) is 6.73. The van der Waals surface area contributed by atoms with Crippen molar-refractivity contribution >= 4 is 29.0 Å². The molecule has 0 aliphatic carbocycles. The van der Waals surface area contributed by atoms with Crippen molar-refractivity contribution in [1.82, 2.24) is 29.6 Å². The molecule has 4 aromatic rings. The zero-order chi connectivity index (χ0) is 23.5. The van der Waals surface area contributed by atoms with Crippen molar-refractivity contribution in [2.75, 3.05) is 13.1 Å². The number of thiazole rings is 1. The van der Waals surface area contributed by atoms with Crippen molar-refractivity contribution in [2.24, 2.45) is 5.92 Å². The van der Waals surface area contributed by atoms with Gasteiger partial charge in [0.05, 0.1) is 5.75 Å². The summed E-state index contributed by atoms with van der Waals surface area (Å²) in [7, 11) is 0. The SMILES string of the molecule is Cc1ccc(-n2c(SCc3nc(C(=O)N4CCC(C)CC4)cs3)nnc2-c2cccnc2)cc1. The molecule has 1 aliphatic heterocycles. The van der Waals surface area contributed by atoms with Gasteiger partial charge in [0.1, 0.15) is 10.7 Å². The lowest BCUT2D eigenvalue weighted by molar-refractivity contribution is 0.0692. The van der Waals surface area contributed by atoms with E-state index in [4.69, 9.17) is 0 Å². The number of rotatable bonds is 6. The number of piperidine rings is 1. The van der Waals surface area contributed by atoms with E-state index < -0.39 is 0 Å². The minimum Gasteiger partial charge on any atom is -0.337 e. The first kappa shape index (κ1) is 22.7. The first-order valence-corrected chi connectivity index (χ1v) is 13.2. The summed E-state index contributed by atoms with van der Waals surface area (Å²) >= 11 is 3.09. The third-order valence-corrected chi connectivity index (χ3v) is 7.98. The highest BCUT2D eigenvalue weighted by molar-refractivity contribution is 7.98. The Hall–Kier alpha value is -3.04. The summed E-state index contributed by atoms with van der Waals surface area (Å²) in [5.74, 6) is 2.09. The lowest BCUT2D eigenvalue weighted by Crippen LogP contribution is -2.38. The second kappa shape index (κ2) is 10.1. The van der Waals surface area contributed by atoms with E-state index in [0.717, 1.165) is 53.2 Å². The van der Waals surface area contributed by atoms with Crippen LogP contribution in [0, 0.1) is 12.8 Å². The van der Waals surface area contributed by atoms with Crippen molar-refractivity contribution in [1.29, 1.82) is 0 Å². The highest BCUT2D eigenvalue weighted by Gasteiger charge is 2.23. The molecule has 7 nitrogen and oxygen atoms in total. The van der Waals surface area contributed by atoms with Crippen LogP contribution in [0.1, 0.15) is 40.8 Å². The van der Waals surface area contributed by atoms with Gasteiger partial charge in [0.15, 0.2) is 11.0 Å². The van der Waals surface area contributed by atoms with Gasteiger partial charge in [-0.05, 0) is 49.9 Å². The normalized spacial score (nSPS) is 14.5. The number of pyridine rings is 1. The summed E-state index contributed by atoms with van der Waals surface area (Å²) < 4.78 is 2.05. The average molecular weight is 491 g/mol. The monoisotopic (exact) mass is 490 g/mol. The molecule has 174 valence electrons. The van der Waals surface area contributed by atoms with Gasteiger partial charge in [-0.2, -0.15) is 0 Å². The smallest absolute Gasteiger partial charge is 0.273 e. The van der Waals surface area contributed by atoms with Crippen LogP contribution in [0.4, 0.5) is 0 Å². The third-order valence-electron chi connectivity index (χ3n) is 6.01. The molecule has 0 saturated carbocycles. The van der Waals surface area contributed by atoms with E-state index in [1.54, 1.807) is 24.2 Å². The fraction of sp³-hybridized carbons (Fsp3) is 0.320. The molecule has 1 aromatic carbocycles. The molecule has 34 heavy (non-hydrogen) atoms. The molecule has 1 aliphatic rings. The van der Waals surface area contributed by atoms with Crippen LogP contribution in [0.15, 0.2) is 59.3 Å². The number of carbonyl (C=O) groups excluding carboxylic acids is 1. The maximum atomic E-state index is 12.9. The van der Waals surface area contributed by atoms with Gasteiger partial charge in [0.25, 0.3) is 5.91 Å². The van der Waals surface area contributed by atoms with E-state index in [2.05, 4.69) is 62.8 Å². The maximum Gasteiger partial charge on any atom is 0.273 e. The van der Waals surface area contributed by atoms with Gasteiger partial charge in [-0.3, -0.25) is 14.3 Å². The molecule has 3 aromatic heterocycles. The van der Waals surface area contributed by atoms with Gasteiger partial charge in [0.2, 0.25) is 0 Å². The summed E-state index contributed by atoms with van der Waals surface area (Å²) in [6, 6.07) is 12.2. The molecular formula is C25H26N6OS2. The van der Waals surface area contributed by atoms with Crippen molar-refractivity contribution in [3.8, 4) is 17.1 Å². The van der Waals surface area contributed by atoms with Crippen LogP contribution in [-0.2, 0) is 5.75 Å². The Morgan fingerprint density at radius 3 is 2.68 bits per heavy atom. The number of hydrogen-bond acceptors (Lipinski definition) is 7. The predicted octanol–water partition coefficient (Wildman–Crippen LogP) is 5.26. The first-order chi connectivity index (χ1) is 16.6. The lowest BCUT2D eigenvalue weighted by atomic mass is 9.99. The molecule has 0 bridgehead atoms. The standard InChI is InChI=1S/C25H26N6OS2/c1-17-5-7-20(8-6-17)31-23(19-4-3-11-26-14-19)28-29-25(31)34-16-22-27-21(15-33-22)24(32)30-12-9-18(2)10-13-30/h3-8,11,14-15,18H,9-10,12-13,16H2,1-2H3. The Balaban J connectivity index is 1.36. The molecule has 1 amide bonds. The van der Waals surface area contributed by atoms with Crippen LogP contribution < -0.4 is 0 Å². The number of hydrogen-bond donors (Lipinski definition) is 0. The number of nitrogens with zero attached hydrogens (tertiary/aromatic N) is 6. The van der Waals surface area contributed by atoms with Crippen LogP contribution in [0.25, 0.3) is 17.1 Å². The quantitative estimate of drug-likeness (QED) is 0.343. The van der Waals surface area contributed by atoms with Crippen LogP contribution >= 0.6 is 23.1 Å². The van der Waals surface area contributed by atoms with Crippen molar-refractivity contribution in [2.45, 2.75) is 37.6 Å². The van der Waals surface area contributed by atoms with Gasteiger partial charge in [-0.15, -0.1) is 21.5 Å². The van der Waals surface area contributed by atoms with Crippen molar-refractivity contribution < 1.29 is 4.79 Å². The molecule has 0 N–H and O–H groups in total. The van der Waals surface area contributed by atoms with E-state index in [-0.39, 0.29) is 5.91 Å². The zero-order valence-corrected chi connectivity index (χ0v) is 20.9. The lowest BCUT2D eigenvalue weighted by Gasteiger charge is -2.29. The van der Waals surface area contributed by atoms with Gasteiger partial charge < -0.3 is 4.90 Å². The third kappa shape index (κ3) is 4.90. The van der Waals surface area contributed by atoms with E-state index in [9.17, 15) is 4.79 Å². The molecule has 0 radical (unpaired) electrons. The van der Waals surface area contributed by atoms with E-state index in [1.165, 1.54) is 16.9 Å². The number of aromatic nitrogens is 5. The number of carbonyl (C=O) groups is 1. The van der Waals surface area contributed by atoms with E-state index in [1.807, 2.05) is 22.4 Å². The molecule has 9 heteroatoms. The Morgan fingerprint density at radius 1 is 1.15 bits per heavy atom. The first-order valence-electron chi connectivity index (χ1n) is 11.4. The molecular weight excluding hydrogens is 464 g/mol. The summed E-state index contributed by atoms with van der Waals surface area (Å²) in [6.07, 6.45) is 5.67. The van der Waals surface area contributed by atoms with E-state index in [0.29, 0.717) is 17.4 Å². The minimum atomic E-state index is 0.0427. The Bertz CT molecular complexity index is 1260. The highest BCUT2D eigenvalue weighted by atomic mass is 32.2. The van der Waals surface area contributed by atoms with Gasteiger partial charge in [-0.25, -0.2) is 4.98 Å². The topological polar surface area (TPSA) is 76.8 Å². The molecule has 5 rings (SSSR count). The number of amides is 1. The average Bonchev–Trinajstić information content (AvgIpc) is 3.51. The number of thioether (sulfide) groups is 1. The molecule has 1 saturated heterocycles. The van der Waals surface area contributed by atoms with Crippen LogP contribution in [-0.4, -0.2) is 48.6 Å². The highest BCUT2D eigenvalue weighted by Crippen LogP contribution is 2.30. The summed E-state index contributed by atoms with van der Waals surface area (Å²) in [5, 5.41) is 12.5. The Labute approximate surface area is 207 Å². The zero-order valence-electron chi connectivity index (χ0n) is 19.2. The molecule has 0 atom stereocenters. The van der Waals surface area contributed by atoms with Crippen molar-refractivity contribution in [3.05, 3.63) is 70.4 Å². The maximum absolute atomic E-state index is 12.9. The summed E-state index contributed by atoms with van der Waals surface area (Å²) in [5.41, 5.74) is 3.63. The molecule has 0 unspecified atom stereocenters. The van der Waals surface area contributed by atoms with Gasteiger partial charge >= 0.3 is 0 Å². The van der Waals surface area contributed by atoms with E-state index >= 15 is 0 Å². The number of benzene rings is 1. The molecule has 4 heterocycles. The van der Waals surface area contributed by atoms with Crippen LogP contribution in [0.2, 0.25) is 0 Å². The fourth-order valence-corrected chi connectivity index (χ4v) is 5.69. The van der Waals surface area contributed by atoms with Crippen LogP contribution in [0.5, 0.6) is 0 Å². The second-order valence-corrected chi connectivity index (χ2v) is 10.5. The van der Waals surface area contributed by atoms with Crippen molar-refractivity contribution in [3.63, 3.8) is 0 Å². The second-order valence-electron chi connectivity index (χ2n) is 8.61. The van der Waals surface area contributed by atoms with Gasteiger partial charge in [-0.1, -0.05) is 36.4 Å². The Morgan fingerprint density at radius 2 is 1.94 bits per heavy atom. The van der Waals surface area contributed by atoms with Crippen LogP contribution in [0.3, 0.4) is 0 Å². The fourth-order valence-electron chi connectivity index (χ4n) is 3.95. The summed E-state index contributed by atoms with van der Waals surface area (Å²) in [4.78, 5) is 23.7. The largest absolute Gasteiger partial charge is 0.337 e. The predicted molar refractivity (Wildman–Crippen MR) is 135 cm³/mol. The number of likely N-dealkylation sites (tertiary alicyclic amines) is 1. The minimum absolute atomic E-state index is 0.0427. The summed E-state index contributed by atoms with van der Waals surface area (Å²) in [6.45, 7) is 5.95. The molecule has 1 fully saturated rings. The molecule has 0 spiro atoms. The number of aryl methyl sites for hydroxylation is 1. The van der Waals surface area contributed by atoms with Gasteiger partial charge in [0, 0.05) is 42.1 Å².